The third kappa shape index (κ3) is 4.49. The number of nitrogens with zero attached hydrogens (tertiary/aromatic N) is 2. The molecule has 3 rings (SSSR count). The van der Waals surface area contributed by atoms with E-state index in [1.54, 1.807) is 30.3 Å². The molecule has 2 aromatic heterocycles. The SMILES string of the molecule is O=C(CC(Sc1nc2ccccc2o1)C(=O)O)Nc1ccc(Cl)cn1. The number of amides is 1. The Morgan fingerprint density at radius 1 is 1.28 bits per heavy atom. The van der Waals surface area contributed by atoms with Gasteiger partial charge in [0, 0.05) is 12.6 Å². The highest BCUT2D eigenvalue weighted by Crippen LogP contribution is 2.28. The van der Waals surface area contributed by atoms with E-state index in [2.05, 4.69) is 15.3 Å². The minimum absolute atomic E-state index is 0.200. The first kappa shape index (κ1) is 17.2. The maximum atomic E-state index is 12.1. The summed E-state index contributed by atoms with van der Waals surface area (Å²) in [5.41, 5.74) is 1.19. The summed E-state index contributed by atoms with van der Waals surface area (Å²) >= 11 is 6.61. The van der Waals surface area contributed by atoms with Crippen LogP contribution in [-0.2, 0) is 9.59 Å². The molecule has 128 valence electrons. The number of halogens is 1. The highest BCUT2D eigenvalue weighted by molar-refractivity contribution is 8.00. The number of rotatable bonds is 6. The number of hydrogen-bond acceptors (Lipinski definition) is 6. The molecule has 1 amide bonds. The molecule has 1 atom stereocenters. The maximum Gasteiger partial charge on any atom is 0.317 e. The Bertz CT molecular complexity index is 880. The molecule has 0 saturated heterocycles. The van der Waals surface area contributed by atoms with Gasteiger partial charge < -0.3 is 14.8 Å². The molecular weight excluding hydrogens is 366 g/mol. The quantitative estimate of drug-likeness (QED) is 0.633. The van der Waals surface area contributed by atoms with E-state index >= 15 is 0 Å². The molecule has 9 heteroatoms. The Kier molecular flexibility index (Phi) is 5.20. The van der Waals surface area contributed by atoms with Gasteiger partial charge in [0.2, 0.25) is 5.91 Å². The van der Waals surface area contributed by atoms with E-state index in [0.717, 1.165) is 11.8 Å². The van der Waals surface area contributed by atoms with Crippen molar-refractivity contribution < 1.29 is 19.1 Å². The lowest BCUT2D eigenvalue weighted by Crippen LogP contribution is -2.24. The molecule has 0 fully saturated rings. The molecule has 0 bridgehead atoms. The van der Waals surface area contributed by atoms with E-state index in [4.69, 9.17) is 16.0 Å². The zero-order valence-corrected chi connectivity index (χ0v) is 14.3. The number of pyridine rings is 1. The van der Waals surface area contributed by atoms with Gasteiger partial charge in [-0.2, -0.15) is 0 Å². The molecular formula is C16H12ClN3O4S. The third-order valence-electron chi connectivity index (χ3n) is 3.16. The van der Waals surface area contributed by atoms with Crippen molar-refractivity contribution in [2.24, 2.45) is 0 Å². The number of aliphatic carboxylic acids is 1. The first-order valence-corrected chi connectivity index (χ1v) is 8.43. The van der Waals surface area contributed by atoms with Gasteiger partial charge in [-0.3, -0.25) is 9.59 Å². The van der Waals surface area contributed by atoms with Gasteiger partial charge in [0.05, 0.1) is 5.02 Å². The molecule has 0 aliphatic carbocycles. The second-order valence-corrected chi connectivity index (χ2v) is 6.60. The van der Waals surface area contributed by atoms with Gasteiger partial charge in [-0.15, -0.1) is 0 Å². The van der Waals surface area contributed by atoms with Crippen LogP contribution in [0.25, 0.3) is 11.1 Å². The van der Waals surface area contributed by atoms with Crippen molar-refractivity contribution >= 4 is 52.2 Å². The number of anilines is 1. The zero-order chi connectivity index (χ0) is 17.8. The van der Waals surface area contributed by atoms with Crippen LogP contribution < -0.4 is 5.32 Å². The topological polar surface area (TPSA) is 105 Å². The number of oxazole rings is 1. The Morgan fingerprint density at radius 3 is 2.76 bits per heavy atom. The number of nitrogens with one attached hydrogen (secondary N) is 1. The summed E-state index contributed by atoms with van der Waals surface area (Å²) in [5.74, 6) is -1.32. The highest BCUT2D eigenvalue weighted by atomic mass is 35.5. The average molecular weight is 378 g/mol. The fourth-order valence-electron chi connectivity index (χ4n) is 2.01. The number of thioether (sulfide) groups is 1. The molecule has 25 heavy (non-hydrogen) atoms. The monoisotopic (exact) mass is 377 g/mol. The number of benzene rings is 1. The van der Waals surface area contributed by atoms with Crippen molar-refractivity contribution in [1.82, 2.24) is 9.97 Å². The normalized spacial score (nSPS) is 12.0. The van der Waals surface area contributed by atoms with Crippen molar-refractivity contribution in [3.05, 3.63) is 47.6 Å². The molecule has 3 aromatic rings. The van der Waals surface area contributed by atoms with Crippen molar-refractivity contribution in [3.63, 3.8) is 0 Å². The molecule has 0 aliphatic rings. The smallest absolute Gasteiger partial charge is 0.317 e. The van der Waals surface area contributed by atoms with Crippen LogP contribution in [0.4, 0.5) is 5.82 Å². The maximum absolute atomic E-state index is 12.1. The average Bonchev–Trinajstić information content (AvgIpc) is 2.98. The second-order valence-electron chi connectivity index (χ2n) is 5.01. The van der Waals surface area contributed by atoms with E-state index in [1.165, 1.54) is 12.3 Å². The molecule has 2 heterocycles. The summed E-state index contributed by atoms with van der Waals surface area (Å²) in [6, 6.07) is 10.2. The summed E-state index contributed by atoms with van der Waals surface area (Å²) in [7, 11) is 0. The van der Waals surface area contributed by atoms with E-state index in [-0.39, 0.29) is 11.6 Å². The summed E-state index contributed by atoms with van der Waals surface area (Å²) in [6.07, 6.45) is 1.13. The minimum Gasteiger partial charge on any atom is -0.480 e. The van der Waals surface area contributed by atoms with Crippen LogP contribution in [0, 0.1) is 0 Å². The molecule has 1 aromatic carbocycles. The van der Waals surface area contributed by atoms with E-state index in [9.17, 15) is 14.7 Å². The van der Waals surface area contributed by atoms with E-state index < -0.39 is 17.1 Å². The van der Waals surface area contributed by atoms with Gasteiger partial charge in [0.15, 0.2) is 5.58 Å². The standard InChI is InChI=1S/C16H12ClN3O4S/c17-9-5-6-13(18-8-9)20-14(21)7-12(15(22)23)25-16-19-10-3-1-2-4-11(10)24-16/h1-6,8,12H,7H2,(H,22,23)(H,18,20,21). The van der Waals surface area contributed by atoms with Crippen molar-refractivity contribution in [1.29, 1.82) is 0 Å². The zero-order valence-electron chi connectivity index (χ0n) is 12.7. The Hall–Kier alpha value is -2.58. The van der Waals surface area contributed by atoms with Gasteiger partial charge in [-0.25, -0.2) is 9.97 Å². The van der Waals surface area contributed by atoms with Gasteiger partial charge in [-0.1, -0.05) is 35.5 Å². The highest BCUT2D eigenvalue weighted by Gasteiger charge is 2.25. The molecule has 0 spiro atoms. The Balaban J connectivity index is 1.67. The van der Waals surface area contributed by atoms with Crippen molar-refractivity contribution in [2.45, 2.75) is 16.9 Å². The van der Waals surface area contributed by atoms with Gasteiger partial charge in [0.1, 0.15) is 16.6 Å². The number of carbonyl (C=O) groups excluding carboxylic acids is 1. The van der Waals surface area contributed by atoms with Crippen LogP contribution in [0.5, 0.6) is 0 Å². The number of carbonyl (C=O) groups is 2. The summed E-state index contributed by atoms with van der Waals surface area (Å²) < 4.78 is 5.49. The Labute approximate surface area is 151 Å². The summed E-state index contributed by atoms with van der Waals surface area (Å²) in [5, 5.41) is 11.5. The van der Waals surface area contributed by atoms with Gasteiger partial charge >= 0.3 is 5.97 Å². The molecule has 0 aliphatic heterocycles. The van der Waals surface area contributed by atoms with Gasteiger partial charge in [0.25, 0.3) is 5.22 Å². The number of hydrogen-bond donors (Lipinski definition) is 2. The largest absolute Gasteiger partial charge is 0.480 e. The molecule has 2 N–H and O–H groups in total. The predicted molar refractivity (Wildman–Crippen MR) is 93.8 cm³/mol. The van der Waals surface area contributed by atoms with Crippen LogP contribution in [0.2, 0.25) is 5.02 Å². The number of carboxylic acids is 1. The number of aromatic nitrogens is 2. The van der Waals surface area contributed by atoms with E-state index in [1.807, 2.05) is 0 Å². The first-order valence-electron chi connectivity index (χ1n) is 7.18. The fraction of sp³-hybridized carbons (Fsp3) is 0.125. The summed E-state index contributed by atoms with van der Waals surface area (Å²) in [4.78, 5) is 31.7. The minimum atomic E-state index is -1.13. The third-order valence-corrected chi connectivity index (χ3v) is 4.41. The van der Waals surface area contributed by atoms with Crippen molar-refractivity contribution in [3.8, 4) is 0 Å². The molecule has 7 nitrogen and oxygen atoms in total. The lowest BCUT2D eigenvalue weighted by Gasteiger charge is -2.09. The van der Waals surface area contributed by atoms with E-state index in [0.29, 0.717) is 21.9 Å². The lowest BCUT2D eigenvalue weighted by molar-refractivity contribution is -0.137. The fourth-order valence-corrected chi connectivity index (χ4v) is 2.99. The van der Waals surface area contributed by atoms with Crippen LogP contribution in [0.3, 0.4) is 0 Å². The van der Waals surface area contributed by atoms with Crippen LogP contribution in [0.1, 0.15) is 6.42 Å². The van der Waals surface area contributed by atoms with Gasteiger partial charge in [-0.05, 0) is 24.3 Å². The second kappa shape index (κ2) is 7.54. The van der Waals surface area contributed by atoms with Crippen LogP contribution in [0.15, 0.2) is 52.2 Å². The first-order chi connectivity index (χ1) is 12.0. The predicted octanol–water partition coefficient (Wildman–Crippen LogP) is 3.45. The lowest BCUT2D eigenvalue weighted by atomic mass is 10.3. The van der Waals surface area contributed by atoms with Crippen LogP contribution in [-0.4, -0.2) is 32.2 Å². The van der Waals surface area contributed by atoms with Crippen molar-refractivity contribution in [2.75, 3.05) is 5.32 Å². The van der Waals surface area contributed by atoms with Crippen LogP contribution >= 0.6 is 23.4 Å². The molecule has 0 saturated carbocycles. The number of para-hydroxylation sites is 2. The number of fused-ring (bicyclic) bond motifs is 1. The molecule has 1 unspecified atom stereocenters. The summed E-state index contributed by atoms with van der Waals surface area (Å²) in [6.45, 7) is 0. The molecule has 0 radical (unpaired) electrons. The number of carboxylic acid groups (broad SMARTS) is 1. The Morgan fingerprint density at radius 2 is 2.08 bits per heavy atom.